The minimum Gasteiger partial charge on any atom is -0.411 e. The molecule has 7 atom stereocenters. The lowest BCUT2D eigenvalue weighted by molar-refractivity contribution is -0.146. The van der Waals surface area contributed by atoms with Gasteiger partial charge in [-0.2, -0.15) is 0 Å². The Balaban J connectivity index is 1.43. The van der Waals surface area contributed by atoms with Gasteiger partial charge in [-0.25, -0.2) is 0 Å². The largest absolute Gasteiger partial charge is 0.411 e. The van der Waals surface area contributed by atoms with Gasteiger partial charge in [0.25, 0.3) is 0 Å². The second-order valence-electron chi connectivity index (χ2n) is 10.9. The third kappa shape index (κ3) is 2.73. The van der Waals surface area contributed by atoms with Crippen molar-refractivity contribution in [2.45, 2.75) is 83.3 Å². The molecule has 0 spiro atoms. The molecule has 0 radical (unpaired) electrons. The van der Waals surface area contributed by atoms with Crippen molar-refractivity contribution in [2.75, 3.05) is 13.1 Å². The molecule has 0 aromatic carbocycles. The van der Waals surface area contributed by atoms with Gasteiger partial charge in [0.1, 0.15) is 17.5 Å². The van der Waals surface area contributed by atoms with E-state index in [0.29, 0.717) is 48.5 Å². The van der Waals surface area contributed by atoms with Crippen LogP contribution in [0.1, 0.15) is 71.6 Å². The van der Waals surface area contributed by atoms with Gasteiger partial charge in [0, 0.05) is 36.6 Å². The van der Waals surface area contributed by atoms with Crippen molar-refractivity contribution in [2.24, 2.45) is 38.9 Å². The molecule has 0 amide bonds. The van der Waals surface area contributed by atoms with Crippen LogP contribution in [-0.4, -0.2) is 52.3 Å². The van der Waals surface area contributed by atoms with Crippen molar-refractivity contribution in [1.82, 2.24) is 5.32 Å². The maximum Gasteiger partial charge on any atom is 0.141 e. The van der Waals surface area contributed by atoms with Crippen LogP contribution >= 0.6 is 0 Å². The van der Waals surface area contributed by atoms with Gasteiger partial charge in [-0.05, 0) is 62.8 Å². The number of Topliss-reactive ketones (excluding diaryl/α,β-unsaturated/α-hetero) is 1. The average Bonchev–Trinajstić information content (AvgIpc) is 3.35. The average molecular weight is 418 g/mol. The maximum atomic E-state index is 12.6. The molecule has 166 valence electrons. The molecule has 4 saturated carbocycles. The minimum atomic E-state index is -1.20. The zero-order valence-corrected chi connectivity index (χ0v) is 18.2. The molecule has 30 heavy (non-hydrogen) atoms. The van der Waals surface area contributed by atoms with Crippen molar-refractivity contribution in [3.8, 4) is 0 Å². The Morgan fingerprint density at radius 3 is 2.70 bits per heavy atom. The number of rotatable bonds is 2. The van der Waals surface area contributed by atoms with E-state index in [1.54, 1.807) is 0 Å². The highest BCUT2D eigenvalue weighted by atomic mass is 16.6. The van der Waals surface area contributed by atoms with E-state index in [0.717, 1.165) is 57.3 Å². The van der Waals surface area contributed by atoms with Crippen molar-refractivity contribution in [3.63, 3.8) is 0 Å². The number of aliphatic hydroxyl groups is 1. The van der Waals surface area contributed by atoms with Gasteiger partial charge in [0.2, 0.25) is 0 Å². The summed E-state index contributed by atoms with van der Waals surface area (Å²) in [5.74, 6) is 1.36. The van der Waals surface area contributed by atoms with E-state index < -0.39 is 5.60 Å². The number of hydrogen-bond donors (Lipinski definition) is 3. The van der Waals surface area contributed by atoms with Crippen LogP contribution in [0.15, 0.2) is 10.3 Å². The molecule has 0 aromatic heterocycles. The number of hydrogen-bond acceptors (Lipinski definition) is 7. The summed E-state index contributed by atoms with van der Waals surface area (Å²) in [6.45, 7) is 6.07. The lowest BCUT2D eigenvalue weighted by Gasteiger charge is -2.62. The lowest BCUT2D eigenvalue weighted by atomic mass is 9.43. The summed E-state index contributed by atoms with van der Waals surface area (Å²) in [7, 11) is 0. The Morgan fingerprint density at radius 1 is 1.13 bits per heavy atom. The predicted octanol–water partition coefficient (Wildman–Crippen LogP) is 2.89. The Hall–Kier alpha value is -1.47. The van der Waals surface area contributed by atoms with Crippen LogP contribution < -0.4 is 5.32 Å². The molecule has 0 aromatic rings. The number of ketones is 1. The molecule has 4 aliphatic carbocycles. The van der Waals surface area contributed by atoms with Crippen molar-refractivity contribution in [3.05, 3.63) is 0 Å². The highest BCUT2D eigenvalue weighted by molar-refractivity contribution is 6.00. The molecular formula is C23H35N3O4. The summed E-state index contributed by atoms with van der Waals surface area (Å²) in [6, 6.07) is 0. The van der Waals surface area contributed by atoms with E-state index in [2.05, 4.69) is 29.5 Å². The molecule has 7 nitrogen and oxygen atoms in total. The summed E-state index contributed by atoms with van der Waals surface area (Å²) in [4.78, 5) is 18.4. The van der Waals surface area contributed by atoms with Crippen LogP contribution in [-0.2, 0) is 9.63 Å². The fourth-order valence-corrected chi connectivity index (χ4v) is 7.72. The first-order chi connectivity index (χ1) is 14.3. The Labute approximate surface area is 178 Å². The standard InChI is InChI=1S/C23H35N3O4/c1-21-8-6-18-16(17(21)3-4-20(21)27)11-19(25-29)23(28)12-14(5-9-22(18,23)2)26-30-15-7-10-24-13-15/h15-18,24,28-29H,3-13H2,1-2H3/b25-19+,26-14+/t15-,16+,17+,18+,21+,22-,23+/m1/s1. The molecule has 5 aliphatic rings. The summed E-state index contributed by atoms with van der Waals surface area (Å²) < 4.78 is 0. The lowest BCUT2D eigenvalue weighted by Crippen LogP contribution is -2.66. The van der Waals surface area contributed by atoms with E-state index in [4.69, 9.17) is 4.84 Å². The third-order valence-electron chi connectivity index (χ3n) is 9.68. The number of oxime groups is 2. The number of carbonyl (C=O) groups is 1. The van der Waals surface area contributed by atoms with Gasteiger partial charge in [-0.3, -0.25) is 4.79 Å². The smallest absolute Gasteiger partial charge is 0.141 e. The fourth-order valence-electron chi connectivity index (χ4n) is 7.72. The molecule has 0 bridgehead atoms. The Bertz CT molecular complexity index is 791. The van der Waals surface area contributed by atoms with Gasteiger partial charge in [0.15, 0.2) is 0 Å². The zero-order chi connectivity index (χ0) is 21.1. The van der Waals surface area contributed by atoms with E-state index in [-0.39, 0.29) is 16.9 Å². The molecule has 5 rings (SSSR count). The molecule has 0 unspecified atom stereocenters. The zero-order valence-electron chi connectivity index (χ0n) is 18.2. The first-order valence-corrected chi connectivity index (χ1v) is 11.7. The van der Waals surface area contributed by atoms with Crippen LogP contribution in [0.5, 0.6) is 0 Å². The fraction of sp³-hybridized carbons (Fsp3) is 0.870. The Morgan fingerprint density at radius 2 is 1.97 bits per heavy atom. The molecule has 7 heteroatoms. The third-order valence-corrected chi connectivity index (χ3v) is 9.68. The number of nitrogens with one attached hydrogen (secondary N) is 1. The Kier molecular flexibility index (Phi) is 4.78. The first kappa shape index (κ1) is 20.4. The minimum absolute atomic E-state index is 0.0955. The molecule has 1 heterocycles. The first-order valence-electron chi connectivity index (χ1n) is 11.7. The van der Waals surface area contributed by atoms with Gasteiger partial charge in [-0.15, -0.1) is 0 Å². The molecule has 1 saturated heterocycles. The molecular weight excluding hydrogens is 382 g/mol. The molecule has 1 aliphatic heterocycles. The maximum absolute atomic E-state index is 12.6. The second-order valence-corrected chi connectivity index (χ2v) is 10.9. The predicted molar refractivity (Wildman–Crippen MR) is 113 cm³/mol. The SMILES string of the molecule is C[C@]12CC[C@H]3[C@@H](C/C(=N\O)[C@@]4(O)C/C(=N/O[C@@H]5CCNC5)CC[C@]34C)[C@@H]1CCC2=O. The summed E-state index contributed by atoms with van der Waals surface area (Å²) in [5.41, 5.74) is -0.479. The summed E-state index contributed by atoms with van der Waals surface area (Å²) in [6.07, 6.45) is 7.04. The monoisotopic (exact) mass is 417 g/mol. The van der Waals surface area contributed by atoms with Crippen LogP contribution in [0.25, 0.3) is 0 Å². The van der Waals surface area contributed by atoms with E-state index in [1.807, 2.05) is 0 Å². The van der Waals surface area contributed by atoms with Crippen LogP contribution in [0.2, 0.25) is 0 Å². The van der Waals surface area contributed by atoms with Crippen molar-refractivity contribution in [1.29, 1.82) is 0 Å². The molecule has 5 fully saturated rings. The summed E-state index contributed by atoms with van der Waals surface area (Å²) in [5, 5.41) is 33.2. The highest BCUT2D eigenvalue weighted by Gasteiger charge is 2.66. The number of carbonyl (C=O) groups excluding carboxylic acids is 1. The van der Waals surface area contributed by atoms with Crippen LogP contribution in [0.4, 0.5) is 0 Å². The van der Waals surface area contributed by atoms with E-state index >= 15 is 0 Å². The second kappa shape index (κ2) is 7.02. The number of nitrogens with zero attached hydrogens (tertiary/aromatic N) is 2. The summed E-state index contributed by atoms with van der Waals surface area (Å²) >= 11 is 0. The van der Waals surface area contributed by atoms with Gasteiger partial charge < -0.3 is 20.5 Å². The quantitative estimate of drug-likeness (QED) is 0.473. The normalized spacial score (nSPS) is 51.0. The van der Waals surface area contributed by atoms with Crippen LogP contribution in [0, 0.1) is 28.6 Å². The highest BCUT2D eigenvalue weighted by Crippen LogP contribution is 2.65. The van der Waals surface area contributed by atoms with Crippen molar-refractivity contribution >= 4 is 17.2 Å². The van der Waals surface area contributed by atoms with Gasteiger partial charge in [0.05, 0.1) is 11.4 Å². The molecule has 3 N–H and O–H groups in total. The van der Waals surface area contributed by atoms with Gasteiger partial charge in [-0.1, -0.05) is 24.2 Å². The number of fused-ring (bicyclic) bond motifs is 5. The van der Waals surface area contributed by atoms with Gasteiger partial charge >= 0.3 is 0 Å². The van der Waals surface area contributed by atoms with E-state index in [1.165, 1.54) is 0 Å². The van der Waals surface area contributed by atoms with Crippen molar-refractivity contribution < 1.29 is 19.9 Å². The topological polar surface area (TPSA) is 104 Å². The van der Waals surface area contributed by atoms with E-state index in [9.17, 15) is 15.1 Å². The van der Waals surface area contributed by atoms with Crippen LogP contribution in [0.3, 0.4) is 0 Å².